The van der Waals surface area contributed by atoms with Crippen LogP contribution in [0.1, 0.15) is 33.6 Å². The van der Waals surface area contributed by atoms with E-state index < -0.39 is 0 Å². The smallest absolute Gasteiger partial charge is 0.258 e. The number of ether oxygens (including phenoxy) is 1. The average Bonchev–Trinajstić information content (AvgIpc) is 2.61. The number of anilines is 1. The summed E-state index contributed by atoms with van der Waals surface area (Å²) < 4.78 is 5.57. The molecule has 1 atom stereocenters. The van der Waals surface area contributed by atoms with E-state index in [0.717, 1.165) is 11.5 Å². The molecule has 0 saturated carbocycles. The van der Waals surface area contributed by atoms with E-state index in [2.05, 4.69) is 25.3 Å². The Morgan fingerprint density at radius 2 is 2.21 bits per heavy atom. The number of aromatic nitrogens is 4. The van der Waals surface area contributed by atoms with E-state index >= 15 is 0 Å². The first-order chi connectivity index (χ1) is 11.6. The third-order valence-electron chi connectivity index (χ3n) is 3.96. The Morgan fingerprint density at radius 3 is 2.96 bits per heavy atom. The van der Waals surface area contributed by atoms with Crippen molar-refractivity contribution in [2.24, 2.45) is 0 Å². The molecule has 0 aliphatic carbocycles. The zero-order valence-corrected chi connectivity index (χ0v) is 14.0. The van der Waals surface area contributed by atoms with Gasteiger partial charge in [0, 0.05) is 31.5 Å². The summed E-state index contributed by atoms with van der Waals surface area (Å²) in [4.78, 5) is 31.8. The lowest BCUT2D eigenvalue weighted by Crippen LogP contribution is -2.44. The summed E-state index contributed by atoms with van der Waals surface area (Å²) in [6.45, 7) is 5.03. The SMILES string of the molecule is CNc1cc(C)nc([C@H]2COCCN2C(=O)c2cncnc2C)n1. The van der Waals surface area contributed by atoms with Crippen LogP contribution in [-0.2, 0) is 4.74 Å². The van der Waals surface area contributed by atoms with E-state index in [9.17, 15) is 4.79 Å². The molecule has 1 saturated heterocycles. The molecule has 1 N–H and O–H groups in total. The molecule has 1 aliphatic rings. The standard InChI is InChI=1S/C16H20N6O2/c1-10-6-14(17-3)21-15(20-10)13-8-24-5-4-22(13)16(23)12-7-18-9-19-11(12)2/h6-7,9,13H,4-5,8H2,1-3H3,(H,17,20,21)/t13-/m1/s1. The molecule has 8 nitrogen and oxygen atoms in total. The van der Waals surface area contributed by atoms with E-state index in [1.807, 2.05) is 13.0 Å². The number of nitrogens with one attached hydrogen (secondary N) is 1. The van der Waals surface area contributed by atoms with Gasteiger partial charge in [-0.1, -0.05) is 0 Å². The predicted molar refractivity (Wildman–Crippen MR) is 87.7 cm³/mol. The van der Waals surface area contributed by atoms with Gasteiger partial charge in [-0.05, 0) is 13.8 Å². The van der Waals surface area contributed by atoms with Gasteiger partial charge in [0.15, 0.2) is 5.82 Å². The van der Waals surface area contributed by atoms with Crippen LogP contribution in [0.3, 0.4) is 0 Å². The van der Waals surface area contributed by atoms with Gasteiger partial charge in [0.05, 0.1) is 24.5 Å². The van der Waals surface area contributed by atoms with E-state index in [-0.39, 0.29) is 11.9 Å². The first kappa shape index (κ1) is 16.3. The second-order valence-corrected chi connectivity index (χ2v) is 5.61. The highest BCUT2D eigenvalue weighted by molar-refractivity contribution is 5.95. The minimum atomic E-state index is -0.335. The highest BCUT2D eigenvalue weighted by Crippen LogP contribution is 2.25. The van der Waals surface area contributed by atoms with Crippen molar-refractivity contribution >= 4 is 11.7 Å². The van der Waals surface area contributed by atoms with Gasteiger partial charge in [0.2, 0.25) is 0 Å². The molecule has 1 amide bonds. The number of rotatable bonds is 3. The summed E-state index contributed by atoms with van der Waals surface area (Å²) in [7, 11) is 1.80. The number of amides is 1. The molecule has 0 spiro atoms. The van der Waals surface area contributed by atoms with Crippen LogP contribution < -0.4 is 5.32 Å². The van der Waals surface area contributed by atoms with Gasteiger partial charge >= 0.3 is 0 Å². The number of hydrogen-bond acceptors (Lipinski definition) is 7. The molecule has 24 heavy (non-hydrogen) atoms. The van der Waals surface area contributed by atoms with Gasteiger partial charge in [0.1, 0.15) is 18.2 Å². The maximum atomic E-state index is 13.0. The first-order valence-electron chi connectivity index (χ1n) is 7.79. The summed E-state index contributed by atoms with van der Waals surface area (Å²) >= 11 is 0. The zero-order chi connectivity index (χ0) is 17.1. The molecule has 3 rings (SSSR count). The molecule has 3 heterocycles. The third kappa shape index (κ3) is 3.18. The van der Waals surface area contributed by atoms with Crippen LogP contribution in [0, 0.1) is 13.8 Å². The maximum Gasteiger partial charge on any atom is 0.258 e. The largest absolute Gasteiger partial charge is 0.377 e. The molecule has 2 aromatic rings. The zero-order valence-electron chi connectivity index (χ0n) is 14.0. The molecule has 0 unspecified atom stereocenters. The van der Waals surface area contributed by atoms with Gasteiger partial charge in [-0.2, -0.15) is 0 Å². The van der Waals surface area contributed by atoms with Crippen LogP contribution in [0.5, 0.6) is 0 Å². The lowest BCUT2D eigenvalue weighted by atomic mass is 10.1. The van der Waals surface area contributed by atoms with Crippen LogP contribution in [0.4, 0.5) is 5.82 Å². The fourth-order valence-electron chi connectivity index (χ4n) is 2.68. The number of morpholine rings is 1. The Balaban J connectivity index is 1.96. The third-order valence-corrected chi connectivity index (χ3v) is 3.96. The fourth-order valence-corrected chi connectivity index (χ4v) is 2.68. The molecule has 1 fully saturated rings. The van der Waals surface area contributed by atoms with E-state index in [4.69, 9.17) is 4.74 Å². The normalized spacial score (nSPS) is 17.6. The van der Waals surface area contributed by atoms with E-state index in [0.29, 0.717) is 36.8 Å². The van der Waals surface area contributed by atoms with Crippen molar-refractivity contribution in [3.05, 3.63) is 41.4 Å². The number of carbonyl (C=O) groups is 1. The van der Waals surface area contributed by atoms with Gasteiger partial charge in [-0.3, -0.25) is 4.79 Å². The highest BCUT2D eigenvalue weighted by atomic mass is 16.5. The Morgan fingerprint density at radius 1 is 1.38 bits per heavy atom. The van der Waals surface area contributed by atoms with Gasteiger partial charge in [0.25, 0.3) is 5.91 Å². The molecule has 0 bridgehead atoms. The predicted octanol–water partition coefficient (Wildman–Crippen LogP) is 1.14. The van der Waals surface area contributed by atoms with Crippen molar-refractivity contribution in [2.45, 2.75) is 19.9 Å². The van der Waals surface area contributed by atoms with Crippen LogP contribution in [0.2, 0.25) is 0 Å². The lowest BCUT2D eigenvalue weighted by molar-refractivity contribution is -0.00532. The second-order valence-electron chi connectivity index (χ2n) is 5.61. The number of nitrogens with zero attached hydrogens (tertiary/aromatic N) is 5. The summed E-state index contributed by atoms with van der Waals surface area (Å²) in [5.41, 5.74) is 1.98. The van der Waals surface area contributed by atoms with Crippen molar-refractivity contribution in [1.29, 1.82) is 0 Å². The summed E-state index contributed by atoms with van der Waals surface area (Å²) in [5.74, 6) is 1.16. The lowest BCUT2D eigenvalue weighted by Gasteiger charge is -2.35. The quantitative estimate of drug-likeness (QED) is 0.903. The topological polar surface area (TPSA) is 93.1 Å². The summed E-state index contributed by atoms with van der Waals surface area (Å²) in [5, 5.41) is 3.02. The van der Waals surface area contributed by atoms with Gasteiger partial charge in [-0.15, -0.1) is 0 Å². The monoisotopic (exact) mass is 328 g/mol. The highest BCUT2D eigenvalue weighted by Gasteiger charge is 2.32. The molecule has 0 radical (unpaired) electrons. The minimum absolute atomic E-state index is 0.127. The van der Waals surface area contributed by atoms with Crippen LogP contribution >= 0.6 is 0 Å². The second kappa shape index (κ2) is 6.88. The minimum Gasteiger partial charge on any atom is -0.377 e. The molecule has 0 aromatic carbocycles. The van der Waals surface area contributed by atoms with Crippen molar-refractivity contribution in [2.75, 3.05) is 32.1 Å². The van der Waals surface area contributed by atoms with Crippen LogP contribution in [0.15, 0.2) is 18.6 Å². The van der Waals surface area contributed by atoms with Gasteiger partial charge < -0.3 is 15.0 Å². The van der Waals surface area contributed by atoms with Crippen LogP contribution in [-0.4, -0.2) is 57.5 Å². The Kier molecular flexibility index (Phi) is 4.66. The number of aryl methyl sites for hydroxylation is 2. The molecular formula is C16H20N6O2. The number of hydrogen-bond donors (Lipinski definition) is 1. The summed E-state index contributed by atoms with van der Waals surface area (Å²) in [6.07, 6.45) is 2.99. The van der Waals surface area contributed by atoms with E-state index in [1.54, 1.807) is 25.1 Å². The average molecular weight is 328 g/mol. The molecule has 126 valence electrons. The number of carbonyl (C=O) groups excluding carboxylic acids is 1. The van der Waals surface area contributed by atoms with Crippen molar-refractivity contribution in [1.82, 2.24) is 24.8 Å². The summed E-state index contributed by atoms with van der Waals surface area (Å²) in [6, 6.07) is 1.52. The van der Waals surface area contributed by atoms with Crippen molar-refractivity contribution < 1.29 is 9.53 Å². The Bertz CT molecular complexity index is 751. The molecule has 2 aromatic heterocycles. The van der Waals surface area contributed by atoms with Gasteiger partial charge in [-0.25, -0.2) is 19.9 Å². The van der Waals surface area contributed by atoms with Crippen molar-refractivity contribution in [3.8, 4) is 0 Å². The first-order valence-corrected chi connectivity index (χ1v) is 7.79. The van der Waals surface area contributed by atoms with Crippen molar-refractivity contribution in [3.63, 3.8) is 0 Å². The maximum absolute atomic E-state index is 13.0. The molecule has 8 heteroatoms. The molecule has 1 aliphatic heterocycles. The molecular weight excluding hydrogens is 308 g/mol. The van der Waals surface area contributed by atoms with E-state index in [1.165, 1.54) is 6.33 Å². The fraction of sp³-hybridized carbons (Fsp3) is 0.438. The Labute approximate surface area is 140 Å². The Hall–Kier alpha value is -2.61. The van der Waals surface area contributed by atoms with Crippen LogP contribution in [0.25, 0.3) is 0 Å².